The molecular formula is C13H25ClN4. The minimum Gasteiger partial charge on any atom is -0.313 e. The molecule has 0 aliphatic rings. The molecule has 0 unspecified atom stereocenters. The van der Waals surface area contributed by atoms with Crippen LogP contribution in [0.1, 0.15) is 32.2 Å². The summed E-state index contributed by atoms with van der Waals surface area (Å²) in [5.41, 5.74) is 2.03. The minimum absolute atomic E-state index is 0.533. The number of nitrogens with zero attached hydrogens (tertiary/aromatic N) is 3. The number of hydrogen-bond donors (Lipinski definition) is 1. The molecule has 1 rings (SSSR count). The number of aromatic nitrogens is 2. The highest BCUT2D eigenvalue weighted by atomic mass is 35.5. The average Bonchev–Trinajstić information content (AvgIpc) is 2.56. The summed E-state index contributed by atoms with van der Waals surface area (Å²) in [7, 11) is 2.11. The first kappa shape index (κ1) is 15.5. The molecule has 1 aromatic rings. The molecule has 0 saturated carbocycles. The van der Waals surface area contributed by atoms with E-state index in [4.69, 9.17) is 11.6 Å². The van der Waals surface area contributed by atoms with Gasteiger partial charge in [0.05, 0.1) is 16.4 Å². The lowest BCUT2D eigenvalue weighted by Gasteiger charge is -2.18. The Hall–Kier alpha value is -0.580. The Morgan fingerprint density at radius 2 is 2.11 bits per heavy atom. The summed E-state index contributed by atoms with van der Waals surface area (Å²) in [4.78, 5) is 2.27. The second kappa shape index (κ2) is 7.12. The molecule has 0 aliphatic heterocycles. The third kappa shape index (κ3) is 4.26. The summed E-state index contributed by atoms with van der Waals surface area (Å²) < 4.78 is 1.99. The molecule has 0 radical (unpaired) electrons. The predicted molar refractivity (Wildman–Crippen MR) is 77.1 cm³/mol. The van der Waals surface area contributed by atoms with Gasteiger partial charge in [-0.1, -0.05) is 25.4 Å². The quantitative estimate of drug-likeness (QED) is 0.827. The number of rotatable bonds is 7. The molecule has 1 aromatic heterocycles. The molecule has 0 amide bonds. The first-order chi connectivity index (χ1) is 8.45. The van der Waals surface area contributed by atoms with Crippen LogP contribution in [0.5, 0.6) is 0 Å². The molecule has 1 heterocycles. The molecule has 0 spiro atoms. The van der Waals surface area contributed by atoms with Crippen LogP contribution in [0.4, 0.5) is 0 Å². The van der Waals surface area contributed by atoms with Gasteiger partial charge in [0.2, 0.25) is 0 Å². The van der Waals surface area contributed by atoms with Crippen molar-refractivity contribution in [2.45, 2.75) is 46.8 Å². The van der Waals surface area contributed by atoms with E-state index in [-0.39, 0.29) is 0 Å². The first-order valence-electron chi connectivity index (χ1n) is 6.59. The second-order valence-corrected chi connectivity index (χ2v) is 5.39. The van der Waals surface area contributed by atoms with Crippen LogP contribution in [0, 0.1) is 6.92 Å². The van der Waals surface area contributed by atoms with Gasteiger partial charge in [-0.3, -0.25) is 9.58 Å². The maximum atomic E-state index is 6.30. The molecule has 0 atom stereocenters. The molecule has 4 nitrogen and oxygen atoms in total. The molecule has 1 N–H and O–H groups in total. The standard InChI is InChI=1S/C13H25ClN4/c1-6-18-12(13(14)11(4)16-18)9-17(5)8-7-15-10(2)3/h10,15H,6-9H2,1-5H3. The zero-order valence-electron chi connectivity index (χ0n) is 12.1. The highest BCUT2D eigenvalue weighted by Gasteiger charge is 2.14. The van der Waals surface area contributed by atoms with Gasteiger partial charge in [0.15, 0.2) is 0 Å². The summed E-state index contributed by atoms with van der Waals surface area (Å²) in [6.07, 6.45) is 0. The Bertz CT molecular complexity index is 373. The first-order valence-corrected chi connectivity index (χ1v) is 6.97. The fourth-order valence-electron chi connectivity index (χ4n) is 1.90. The van der Waals surface area contributed by atoms with E-state index in [0.717, 1.165) is 42.6 Å². The van der Waals surface area contributed by atoms with Crippen molar-refractivity contribution in [2.24, 2.45) is 0 Å². The number of likely N-dealkylation sites (N-methyl/N-ethyl adjacent to an activating group) is 1. The SMILES string of the molecule is CCn1nc(C)c(Cl)c1CN(C)CCNC(C)C. The van der Waals surface area contributed by atoms with Gasteiger partial charge >= 0.3 is 0 Å². The van der Waals surface area contributed by atoms with Gasteiger partial charge in [-0.2, -0.15) is 5.10 Å². The number of nitrogens with one attached hydrogen (secondary N) is 1. The minimum atomic E-state index is 0.533. The predicted octanol–water partition coefficient (Wildman–Crippen LogP) is 2.29. The Morgan fingerprint density at radius 3 is 2.67 bits per heavy atom. The van der Waals surface area contributed by atoms with E-state index < -0.39 is 0 Å². The Morgan fingerprint density at radius 1 is 1.44 bits per heavy atom. The lowest BCUT2D eigenvalue weighted by Crippen LogP contribution is -2.33. The normalized spacial score (nSPS) is 11.8. The summed E-state index contributed by atoms with van der Waals surface area (Å²) in [6, 6.07) is 0.533. The number of halogens is 1. The number of aryl methyl sites for hydroxylation is 2. The van der Waals surface area contributed by atoms with Crippen molar-refractivity contribution in [3.63, 3.8) is 0 Å². The van der Waals surface area contributed by atoms with Crippen molar-refractivity contribution in [2.75, 3.05) is 20.1 Å². The van der Waals surface area contributed by atoms with E-state index in [2.05, 4.69) is 43.1 Å². The highest BCUT2D eigenvalue weighted by Crippen LogP contribution is 2.21. The smallest absolute Gasteiger partial charge is 0.0860 e. The van der Waals surface area contributed by atoms with Gasteiger partial charge in [-0.25, -0.2) is 0 Å². The largest absolute Gasteiger partial charge is 0.313 e. The molecule has 104 valence electrons. The van der Waals surface area contributed by atoms with Crippen LogP contribution in [0.2, 0.25) is 5.02 Å². The van der Waals surface area contributed by atoms with Crippen LogP contribution in [0.15, 0.2) is 0 Å². The monoisotopic (exact) mass is 272 g/mol. The average molecular weight is 273 g/mol. The molecule has 0 aromatic carbocycles. The van der Waals surface area contributed by atoms with Crippen LogP contribution >= 0.6 is 11.6 Å². The molecule has 0 bridgehead atoms. The van der Waals surface area contributed by atoms with Gasteiger partial charge in [0.1, 0.15) is 0 Å². The fraction of sp³-hybridized carbons (Fsp3) is 0.769. The van der Waals surface area contributed by atoms with Gasteiger partial charge in [-0.15, -0.1) is 0 Å². The van der Waals surface area contributed by atoms with Gasteiger partial charge < -0.3 is 5.32 Å². The van der Waals surface area contributed by atoms with E-state index in [1.807, 2.05) is 11.6 Å². The summed E-state index contributed by atoms with van der Waals surface area (Å²) in [5.74, 6) is 0. The molecule has 0 saturated heterocycles. The third-order valence-electron chi connectivity index (χ3n) is 2.92. The summed E-state index contributed by atoms with van der Waals surface area (Å²) in [6.45, 7) is 12.1. The van der Waals surface area contributed by atoms with E-state index in [1.165, 1.54) is 0 Å². The van der Waals surface area contributed by atoms with Crippen LogP contribution < -0.4 is 5.32 Å². The van der Waals surface area contributed by atoms with Crippen molar-refractivity contribution in [3.05, 3.63) is 16.4 Å². The van der Waals surface area contributed by atoms with Crippen molar-refractivity contribution in [1.82, 2.24) is 20.0 Å². The summed E-state index contributed by atoms with van der Waals surface area (Å²) in [5, 5.41) is 8.65. The molecule has 5 heteroatoms. The topological polar surface area (TPSA) is 33.1 Å². The van der Waals surface area contributed by atoms with E-state index >= 15 is 0 Å². The van der Waals surface area contributed by atoms with E-state index in [9.17, 15) is 0 Å². The van der Waals surface area contributed by atoms with E-state index in [0.29, 0.717) is 6.04 Å². The van der Waals surface area contributed by atoms with Crippen molar-refractivity contribution in [1.29, 1.82) is 0 Å². The Labute approximate surface area is 115 Å². The van der Waals surface area contributed by atoms with Crippen molar-refractivity contribution in [3.8, 4) is 0 Å². The van der Waals surface area contributed by atoms with Crippen LogP contribution in [0.25, 0.3) is 0 Å². The molecule has 0 fully saturated rings. The van der Waals surface area contributed by atoms with E-state index in [1.54, 1.807) is 0 Å². The zero-order chi connectivity index (χ0) is 13.7. The van der Waals surface area contributed by atoms with Crippen LogP contribution in [-0.4, -0.2) is 40.9 Å². The van der Waals surface area contributed by atoms with Crippen LogP contribution in [0.3, 0.4) is 0 Å². The maximum Gasteiger partial charge on any atom is 0.0860 e. The number of hydrogen-bond acceptors (Lipinski definition) is 3. The molecule has 0 aliphatic carbocycles. The Balaban J connectivity index is 2.55. The fourth-order valence-corrected chi connectivity index (χ4v) is 2.09. The maximum absolute atomic E-state index is 6.30. The molecule has 18 heavy (non-hydrogen) atoms. The lowest BCUT2D eigenvalue weighted by atomic mass is 10.3. The van der Waals surface area contributed by atoms with Gasteiger partial charge in [0.25, 0.3) is 0 Å². The Kier molecular flexibility index (Phi) is 6.12. The van der Waals surface area contributed by atoms with Gasteiger partial charge in [-0.05, 0) is 20.9 Å². The highest BCUT2D eigenvalue weighted by molar-refractivity contribution is 6.31. The van der Waals surface area contributed by atoms with Crippen molar-refractivity contribution < 1.29 is 0 Å². The third-order valence-corrected chi connectivity index (χ3v) is 3.41. The van der Waals surface area contributed by atoms with Crippen LogP contribution in [-0.2, 0) is 13.1 Å². The second-order valence-electron chi connectivity index (χ2n) is 5.01. The van der Waals surface area contributed by atoms with Crippen molar-refractivity contribution >= 4 is 11.6 Å². The van der Waals surface area contributed by atoms with Gasteiger partial charge in [0, 0.05) is 32.2 Å². The summed E-state index contributed by atoms with van der Waals surface area (Å²) >= 11 is 6.30. The lowest BCUT2D eigenvalue weighted by molar-refractivity contribution is 0.309. The zero-order valence-corrected chi connectivity index (χ0v) is 12.9. The molecular weight excluding hydrogens is 248 g/mol.